The van der Waals surface area contributed by atoms with Crippen LogP contribution < -0.4 is 9.47 Å². The Bertz CT molecular complexity index is 688. The van der Waals surface area contributed by atoms with Crippen LogP contribution in [-0.4, -0.2) is 20.0 Å². The standard InChI is InChI=1S/C17H15NO3/c1-20-13-7-5-6-12(10-13)15(11-18)17(19)14-8-3-4-9-16(14)21-2/h3-10,15H,1-2H3. The summed E-state index contributed by atoms with van der Waals surface area (Å²) in [6.45, 7) is 0. The van der Waals surface area contributed by atoms with Crippen LogP contribution in [0.25, 0.3) is 0 Å². The number of Topliss-reactive ketones (excluding diaryl/α,β-unsaturated/α-hetero) is 1. The van der Waals surface area contributed by atoms with Crippen LogP contribution in [0.4, 0.5) is 0 Å². The monoisotopic (exact) mass is 281 g/mol. The maximum atomic E-state index is 12.6. The van der Waals surface area contributed by atoms with E-state index in [4.69, 9.17) is 9.47 Å². The number of carbonyl (C=O) groups excluding carboxylic acids is 1. The molecule has 0 radical (unpaired) electrons. The number of ether oxygens (including phenoxy) is 2. The molecular formula is C17H15NO3. The molecule has 2 aromatic rings. The first kappa shape index (κ1) is 14.6. The lowest BCUT2D eigenvalue weighted by Crippen LogP contribution is -2.12. The van der Waals surface area contributed by atoms with E-state index in [1.807, 2.05) is 0 Å². The average molecular weight is 281 g/mol. The van der Waals surface area contributed by atoms with E-state index in [1.165, 1.54) is 7.11 Å². The minimum absolute atomic E-state index is 0.289. The van der Waals surface area contributed by atoms with Crippen LogP contribution in [0.2, 0.25) is 0 Å². The summed E-state index contributed by atoms with van der Waals surface area (Å²) in [7, 11) is 3.04. The zero-order valence-electron chi connectivity index (χ0n) is 11.9. The molecule has 1 unspecified atom stereocenters. The molecule has 0 aromatic heterocycles. The van der Waals surface area contributed by atoms with E-state index in [1.54, 1.807) is 55.6 Å². The third-order valence-electron chi connectivity index (χ3n) is 3.19. The molecule has 0 aliphatic heterocycles. The molecule has 0 bridgehead atoms. The van der Waals surface area contributed by atoms with E-state index >= 15 is 0 Å². The van der Waals surface area contributed by atoms with Gasteiger partial charge in [-0.1, -0.05) is 24.3 Å². The van der Waals surface area contributed by atoms with Crippen molar-refractivity contribution >= 4 is 5.78 Å². The minimum atomic E-state index is -0.892. The van der Waals surface area contributed by atoms with E-state index in [9.17, 15) is 10.1 Å². The average Bonchev–Trinajstić information content (AvgIpc) is 2.55. The number of methoxy groups -OCH3 is 2. The van der Waals surface area contributed by atoms with Gasteiger partial charge >= 0.3 is 0 Å². The summed E-state index contributed by atoms with van der Waals surface area (Å²) in [5.41, 5.74) is 1.00. The van der Waals surface area contributed by atoms with Gasteiger partial charge in [-0.2, -0.15) is 5.26 Å². The molecule has 0 aliphatic carbocycles. The summed E-state index contributed by atoms with van der Waals surface area (Å²) in [5.74, 6) is -0.106. The zero-order chi connectivity index (χ0) is 15.2. The van der Waals surface area contributed by atoms with Crippen LogP contribution in [0.15, 0.2) is 48.5 Å². The second-order valence-corrected chi connectivity index (χ2v) is 4.40. The number of nitriles is 1. The molecule has 4 nitrogen and oxygen atoms in total. The maximum absolute atomic E-state index is 12.6. The van der Waals surface area contributed by atoms with Crippen molar-refractivity contribution in [1.82, 2.24) is 0 Å². The van der Waals surface area contributed by atoms with E-state index in [-0.39, 0.29) is 5.78 Å². The number of benzene rings is 2. The van der Waals surface area contributed by atoms with Gasteiger partial charge in [0.1, 0.15) is 17.4 Å². The summed E-state index contributed by atoms with van der Waals surface area (Å²) >= 11 is 0. The molecule has 0 fully saturated rings. The molecule has 0 saturated carbocycles. The Balaban J connectivity index is 2.41. The van der Waals surface area contributed by atoms with E-state index < -0.39 is 5.92 Å². The topological polar surface area (TPSA) is 59.3 Å². The highest BCUT2D eigenvalue weighted by molar-refractivity contribution is 6.04. The molecule has 0 saturated heterocycles. The number of hydrogen-bond donors (Lipinski definition) is 0. The second-order valence-electron chi connectivity index (χ2n) is 4.40. The van der Waals surface area contributed by atoms with Crippen molar-refractivity contribution in [3.8, 4) is 17.6 Å². The molecule has 2 aromatic carbocycles. The Morgan fingerprint density at radius 3 is 2.52 bits per heavy atom. The Morgan fingerprint density at radius 1 is 1.10 bits per heavy atom. The van der Waals surface area contributed by atoms with Gasteiger partial charge in [0.2, 0.25) is 0 Å². The van der Waals surface area contributed by atoms with E-state index in [0.717, 1.165) is 0 Å². The van der Waals surface area contributed by atoms with Crippen LogP contribution in [0.5, 0.6) is 11.5 Å². The third-order valence-corrected chi connectivity index (χ3v) is 3.19. The molecule has 0 aliphatic rings. The van der Waals surface area contributed by atoms with Crippen LogP contribution in [-0.2, 0) is 0 Å². The van der Waals surface area contributed by atoms with Crippen LogP contribution >= 0.6 is 0 Å². The number of nitrogens with zero attached hydrogens (tertiary/aromatic N) is 1. The van der Waals surface area contributed by atoms with Gasteiger partial charge in [-0.3, -0.25) is 4.79 Å². The Labute approximate surface area is 123 Å². The van der Waals surface area contributed by atoms with Gasteiger partial charge in [-0.25, -0.2) is 0 Å². The van der Waals surface area contributed by atoms with Crippen molar-refractivity contribution in [2.45, 2.75) is 5.92 Å². The largest absolute Gasteiger partial charge is 0.497 e. The van der Waals surface area contributed by atoms with Gasteiger partial charge < -0.3 is 9.47 Å². The molecule has 2 rings (SSSR count). The zero-order valence-corrected chi connectivity index (χ0v) is 11.9. The summed E-state index contributed by atoms with van der Waals surface area (Å²) in [6.07, 6.45) is 0. The molecule has 21 heavy (non-hydrogen) atoms. The molecule has 0 heterocycles. The van der Waals surface area contributed by atoms with Crippen molar-refractivity contribution in [3.05, 3.63) is 59.7 Å². The number of ketones is 1. The second kappa shape index (κ2) is 6.58. The fourth-order valence-electron chi connectivity index (χ4n) is 2.11. The molecule has 0 N–H and O–H groups in total. The highest BCUT2D eigenvalue weighted by atomic mass is 16.5. The van der Waals surface area contributed by atoms with Crippen LogP contribution in [0, 0.1) is 11.3 Å². The molecule has 106 valence electrons. The van der Waals surface area contributed by atoms with Crippen LogP contribution in [0.3, 0.4) is 0 Å². The first-order chi connectivity index (χ1) is 10.2. The van der Waals surface area contributed by atoms with Crippen molar-refractivity contribution in [1.29, 1.82) is 5.26 Å². The van der Waals surface area contributed by atoms with Gasteiger partial charge in [0.25, 0.3) is 0 Å². The fraction of sp³-hybridized carbons (Fsp3) is 0.176. The summed E-state index contributed by atoms with van der Waals surface area (Å²) in [5, 5.41) is 9.39. The van der Waals surface area contributed by atoms with Gasteiger partial charge in [0.05, 0.1) is 25.9 Å². The normalized spacial score (nSPS) is 11.3. The lowest BCUT2D eigenvalue weighted by Gasteiger charge is -2.12. The maximum Gasteiger partial charge on any atom is 0.188 e. The Kier molecular flexibility index (Phi) is 4.57. The first-order valence-electron chi connectivity index (χ1n) is 6.42. The van der Waals surface area contributed by atoms with E-state index in [2.05, 4.69) is 6.07 Å². The summed E-state index contributed by atoms with van der Waals surface area (Å²) in [4.78, 5) is 12.6. The first-order valence-corrected chi connectivity index (χ1v) is 6.42. The summed E-state index contributed by atoms with van der Waals surface area (Å²) in [6, 6.07) is 15.9. The van der Waals surface area contributed by atoms with Gasteiger partial charge in [0, 0.05) is 0 Å². The van der Waals surface area contributed by atoms with Crippen LogP contribution in [0.1, 0.15) is 21.8 Å². The van der Waals surface area contributed by atoms with Gasteiger partial charge in [-0.15, -0.1) is 0 Å². The lowest BCUT2D eigenvalue weighted by atomic mass is 9.91. The molecule has 4 heteroatoms. The highest BCUT2D eigenvalue weighted by Gasteiger charge is 2.24. The Hall–Kier alpha value is -2.80. The smallest absolute Gasteiger partial charge is 0.188 e. The van der Waals surface area contributed by atoms with Gasteiger partial charge in [-0.05, 0) is 29.8 Å². The van der Waals surface area contributed by atoms with Gasteiger partial charge in [0.15, 0.2) is 5.78 Å². The van der Waals surface area contributed by atoms with Crippen molar-refractivity contribution in [3.63, 3.8) is 0 Å². The molecule has 1 atom stereocenters. The van der Waals surface area contributed by atoms with E-state index in [0.29, 0.717) is 22.6 Å². The summed E-state index contributed by atoms with van der Waals surface area (Å²) < 4.78 is 10.3. The third kappa shape index (κ3) is 3.03. The van der Waals surface area contributed by atoms with Crippen molar-refractivity contribution in [2.75, 3.05) is 14.2 Å². The number of rotatable bonds is 5. The minimum Gasteiger partial charge on any atom is -0.497 e. The SMILES string of the molecule is COc1cccc(C(C#N)C(=O)c2ccccc2OC)c1. The number of para-hydroxylation sites is 1. The number of carbonyl (C=O) groups is 1. The fourth-order valence-corrected chi connectivity index (χ4v) is 2.11. The molecular weight excluding hydrogens is 266 g/mol. The predicted molar refractivity (Wildman–Crippen MR) is 78.7 cm³/mol. The molecule has 0 spiro atoms. The van der Waals surface area contributed by atoms with Crippen molar-refractivity contribution in [2.24, 2.45) is 0 Å². The lowest BCUT2D eigenvalue weighted by molar-refractivity contribution is 0.0976. The number of hydrogen-bond acceptors (Lipinski definition) is 4. The van der Waals surface area contributed by atoms with Crippen molar-refractivity contribution < 1.29 is 14.3 Å². The highest BCUT2D eigenvalue weighted by Crippen LogP contribution is 2.27. The molecule has 0 amide bonds. The quantitative estimate of drug-likeness (QED) is 0.790. The predicted octanol–water partition coefficient (Wildman–Crippen LogP) is 3.19. The Morgan fingerprint density at radius 2 is 1.86 bits per heavy atom.